The van der Waals surface area contributed by atoms with Crippen LogP contribution in [0, 0.1) is 0 Å². The number of nitrogens with two attached hydrogens (primary N) is 2. The molecule has 22 heavy (non-hydrogen) atoms. The van der Waals surface area contributed by atoms with Gasteiger partial charge in [0.2, 0.25) is 0 Å². The van der Waals surface area contributed by atoms with Crippen LogP contribution < -0.4 is 11.5 Å². The van der Waals surface area contributed by atoms with Crippen molar-refractivity contribution in [1.29, 1.82) is 0 Å². The second-order valence-electron chi connectivity index (χ2n) is 5.21. The van der Waals surface area contributed by atoms with E-state index in [0.29, 0.717) is 0 Å². The van der Waals surface area contributed by atoms with Gasteiger partial charge >= 0.3 is 5.97 Å². The van der Waals surface area contributed by atoms with Crippen LogP contribution in [0.15, 0.2) is 0 Å². The average molecular weight is 324 g/mol. The van der Waals surface area contributed by atoms with Crippen molar-refractivity contribution >= 4 is 5.97 Å². The molecule has 10 heteroatoms. The zero-order valence-electron chi connectivity index (χ0n) is 12.0. The van der Waals surface area contributed by atoms with E-state index in [-0.39, 0.29) is 19.4 Å². The standard InChI is InChI=1S/C12H24N2O8/c13-3-5(1-2-6(14)11(19)20)21-12-10(18)9(17)8(16)7(4-15)22-12/h5-10,12,15-18H,1-4,13-14H2,(H,19,20)/t5-,6+,7-,8+,9+,10-,12+/m1/s1. The number of ether oxygens (including phenoxy) is 2. The molecule has 1 aliphatic rings. The molecule has 0 saturated carbocycles. The van der Waals surface area contributed by atoms with Gasteiger partial charge in [-0.1, -0.05) is 0 Å². The lowest BCUT2D eigenvalue weighted by Crippen LogP contribution is -2.60. The summed E-state index contributed by atoms with van der Waals surface area (Å²) in [5.74, 6) is -1.15. The largest absolute Gasteiger partial charge is 0.480 e. The van der Waals surface area contributed by atoms with E-state index in [1.165, 1.54) is 0 Å². The van der Waals surface area contributed by atoms with Crippen LogP contribution in [-0.4, -0.2) is 87.5 Å². The van der Waals surface area contributed by atoms with Crippen molar-refractivity contribution in [3.63, 3.8) is 0 Å². The Morgan fingerprint density at radius 3 is 2.32 bits per heavy atom. The fourth-order valence-electron chi connectivity index (χ4n) is 2.10. The first-order chi connectivity index (χ1) is 10.3. The molecule has 0 amide bonds. The smallest absolute Gasteiger partial charge is 0.320 e. The normalized spacial score (nSPS) is 35.1. The Bertz CT molecular complexity index is 356. The Balaban J connectivity index is 2.59. The van der Waals surface area contributed by atoms with E-state index < -0.39 is 55.4 Å². The van der Waals surface area contributed by atoms with Crippen molar-refractivity contribution in [3.8, 4) is 0 Å². The van der Waals surface area contributed by atoms with Crippen molar-refractivity contribution in [1.82, 2.24) is 0 Å². The van der Waals surface area contributed by atoms with Crippen LogP contribution in [0.25, 0.3) is 0 Å². The van der Waals surface area contributed by atoms with Gasteiger partial charge in [0.1, 0.15) is 30.5 Å². The van der Waals surface area contributed by atoms with Gasteiger partial charge in [-0.3, -0.25) is 4.79 Å². The molecule has 1 saturated heterocycles. The van der Waals surface area contributed by atoms with Crippen molar-refractivity contribution in [2.75, 3.05) is 13.2 Å². The molecule has 0 radical (unpaired) electrons. The van der Waals surface area contributed by atoms with Crippen LogP contribution in [0.2, 0.25) is 0 Å². The fourth-order valence-corrected chi connectivity index (χ4v) is 2.10. The summed E-state index contributed by atoms with van der Waals surface area (Å²) in [6, 6.07) is -1.06. The minimum absolute atomic E-state index is 0.0152. The molecule has 1 rings (SSSR count). The maximum atomic E-state index is 10.7. The number of hydrogen-bond donors (Lipinski definition) is 7. The SMILES string of the molecule is NC[C@@H](CC[C@H](N)C(=O)O)O[C@H]1O[C@H](CO)[C@H](O)[C@H](O)[C@H]1O. The molecular weight excluding hydrogens is 300 g/mol. The zero-order valence-corrected chi connectivity index (χ0v) is 12.0. The monoisotopic (exact) mass is 324 g/mol. The van der Waals surface area contributed by atoms with Crippen LogP contribution in [0.5, 0.6) is 0 Å². The third-order valence-corrected chi connectivity index (χ3v) is 3.55. The first kappa shape index (κ1) is 19.2. The number of carboxylic acids is 1. The summed E-state index contributed by atoms with van der Waals surface area (Å²) >= 11 is 0. The summed E-state index contributed by atoms with van der Waals surface area (Å²) in [5, 5.41) is 46.9. The summed E-state index contributed by atoms with van der Waals surface area (Å²) < 4.78 is 10.6. The molecule has 9 N–H and O–H groups in total. The van der Waals surface area contributed by atoms with Gasteiger partial charge in [-0.05, 0) is 12.8 Å². The minimum atomic E-state index is -1.55. The molecule has 1 aliphatic heterocycles. The summed E-state index contributed by atoms with van der Waals surface area (Å²) in [6.07, 6.45) is -7.28. The van der Waals surface area contributed by atoms with Gasteiger partial charge in [0.05, 0.1) is 12.7 Å². The molecule has 1 heterocycles. The number of rotatable bonds is 8. The van der Waals surface area contributed by atoms with Crippen molar-refractivity contribution in [3.05, 3.63) is 0 Å². The highest BCUT2D eigenvalue weighted by molar-refractivity contribution is 5.72. The van der Waals surface area contributed by atoms with E-state index in [4.69, 9.17) is 31.2 Å². The topological polar surface area (TPSA) is 189 Å². The van der Waals surface area contributed by atoms with E-state index in [9.17, 15) is 20.1 Å². The molecule has 0 aromatic rings. The van der Waals surface area contributed by atoms with E-state index >= 15 is 0 Å². The highest BCUT2D eigenvalue weighted by Crippen LogP contribution is 2.23. The number of aliphatic hydroxyl groups excluding tert-OH is 4. The molecule has 130 valence electrons. The summed E-state index contributed by atoms with van der Waals surface area (Å²) in [6.45, 7) is -0.552. The predicted molar refractivity (Wildman–Crippen MR) is 72.5 cm³/mol. The van der Waals surface area contributed by atoms with Gasteiger partial charge in [0.25, 0.3) is 0 Å². The first-order valence-corrected chi connectivity index (χ1v) is 6.96. The van der Waals surface area contributed by atoms with Crippen molar-refractivity contribution in [2.24, 2.45) is 11.5 Å². The molecular formula is C12H24N2O8. The number of hydrogen-bond acceptors (Lipinski definition) is 9. The fraction of sp³-hybridized carbons (Fsp3) is 0.917. The Morgan fingerprint density at radius 1 is 1.18 bits per heavy atom. The van der Waals surface area contributed by atoms with E-state index in [2.05, 4.69) is 0 Å². The number of carboxylic acid groups (broad SMARTS) is 1. The van der Waals surface area contributed by atoms with Gasteiger partial charge in [0.15, 0.2) is 6.29 Å². The molecule has 7 atom stereocenters. The van der Waals surface area contributed by atoms with Gasteiger partial charge in [-0.25, -0.2) is 0 Å². The third kappa shape index (κ3) is 4.83. The number of aliphatic hydroxyl groups is 4. The first-order valence-electron chi connectivity index (χ1n) is 6.96. The summed E-state index contributed by atoms with van der Waals surface area (Å²) in [5.41, 5.74) is 10.9. The maximum Gasteiger partial charge on any atom is 0.320 e. The number of carbonyl (C=O) groups is 1. The van der Waals surface area contributed by atoms with Gasteiger partial charge in [-0.15, -0.1) is 0 Å². The molecule has 0 aromatic carbocycles. The molecule has 10 nitrogen and oxygen atoms in total. The highest BCUT2D eigenvalue weighted by atomic mass is 16.7. The summed E-state index contributed by atoms with van der Waals surface area (Å²) in [7, 11) is 0. The van der Waals surface area contributed by atoms with E-state index in [1.807, 2.05) is 0 Å². The lowest BCUT2D eigenvalue weighted by atomic mass is 9.99. The predicted octanol–water partition coefficient (Wildman–Crippen LogP) is -3.68. The van der Waals surface area contributed by atoms with Crippen LogP contribution >= 0.6 is 0 Å². The van der Waals surface area contributed by atoms with Crippen LogP contribution in [-0.2, 0) is 14.3 Å². The Labute approximate surface area is 127 Å². The average Bonchev–Trinajstić information content (AvgIpc) is 2.50. The van der Waals surface area contributed by atoms with Crippen LogP contribution in [0.1, 0.15) is 12.8 Å². The maximum absolute atomic E-state index is 10.7. The lowest BCUT2D eigenvalue weighted by molar-refractivity contribution is -0.310. The van der Waals surface area contributed by atoms with Crippen LogP contribution in [0.3, 0.4) is 0 Å². The molecule has 0 aliphatic carbocycles. The molecule has 0 aromatic heterocycles. The highest BCUT2D eigenvalue weighted by Gasteiger charge is 2.44. The van der Waals surface area contributed by atoms with Crippen molar-refractivity contribution in [2.45, 2.75) is 55.7 Å². The van der Waals surface area contributed by atoms with Crippen LogP contribution in [0.4, 0.5) is 0 Å². The lowest BCUT2D eigenvalue weighted by Gasteiger charge is -2.40. The third-order valence-electron chi connectivity index (χ3n) is 3.55. The number of aliphatic carboxylic acids is 1. The molecule has 1 fully saturated rings. The van der Waals surface area contributed by atoms with Gasteiger partial charge in [-0.2, -0.15) is 0 Å². The Hall–Kier alpha value is -0.850. The second kappa shape index (κ2) is 8.70. The van der Waals surface area contributed by atoms with Crippen molar-refractivity contribution < 1.29 is 39.8 Å². The van der Waals surface area contributed by atoms with Gasteiger partial charge in [0, 0.05) is 6.54 Å². The van der Waals surface area contributed by atoms with Gasteiger partial charge < -0.3 is 46.5 Å². The minimum Gasteiger partial charge on any atom is -0.480 e. The van der Waals surface area contributed by atoms with E-state index in [1.54, 1.807) is 0 Å². The second-order valence-corrected chi connectivity index (χ2v) is 5.21. The quantitative estimate of drug-likeness (QED) is 0.234. The molecule has 0 bridgehead atoms. The molecule has 0 unspecified atom stereocenters. The molecule has 0 spiro atoms. The zero-order chi connectivity index (χ0) is 16.9. The summed E-state index contributed by atoms with van der Waals surface area (Å²) in [4.78, 5) is 10.7. The van der Waals surface area contributed by atoms with E-state index in [0.717, 1.165) is 0 Å². The Kier molecular flexibility index (Phi) is 7.59. The Morgan fingerprint density at radius 2 is 1.82 bits per heavy atom.